The molecule has 0 atom stereocenters. The summed E-state index contributed by atoms with van der Waals surface area (Å²) >= 11 is 0. The maximum absolute atomic E-state index is 12.0. The molecule has 0 saturated heterocycles. The van der Waals surface area contributed by atoms with Crippen molar-refractivity contribution < 1.29 is 14.6 Å². The van der Waals surface area contributed by atoms with Crippen molar-refractivity contribution in [3.63, 3.8) is 0 Å². The summed E-state index contributed by atoms with van der Waals surface area (Å²) in [6, 6.07) is 5.31. The van der Waals surface area contributed by atoms with Crippen molar-refractivity contribution in [3.8, 4) is 11.7 Å². The zero-order chi connectivity index (χ0) is 15.0. The highest BCUT2D eigenvalue weighted by molar-refractivity contribution is 5.81. The van der Waals surface area contributed by atoms with Gasteiger partial charge in [-0.05, 0) is 18.6 Å². The zero-order valence-corrected chi connectivity index (χ0v) is 10.9. The predicted octanol–water partition coefficient (Wildman–Crippen LogP) is 1.47. The van der Waals surface area contributed by atoms with Crippen molar-refractivity contribution in [2.45, 2.75) is 6.92 Å². The Morgan fingerprint density at radius 3 is 3.00 bits per heavy atom. The molecule has 0 aliphatic heterocycles. The number of carboxylic acid groups (broad SMARTS) is 1. The van der Waals surface area contributed by atoms with E-state index in [1.54, 1.807) is 12.1 Å². The lowest BCUT2D eigenvalue weighted by atomic mass is 10.1. The summed E-state index contributed by atoms with van der Waals surface area (Å²) in [5.74, 6) is 0.220. The Hall–Kier alpha value is -3.16. The number of ether oxygens (including phenoxy) is 1. The van der Waals surface area contributed by atoms with E-state index < -0.39 is 6.16 Å². The second-order valence-corrected chi connectivity index (χ2v) is 4.35. The summed E-state index contributed by atoms with van der Waals surface area (Å²) in [5, 5.41) is 12.9. The number of hydrogen-bond acceptors (Lipinski definition) is 5. The summed E-state index contributed by atoms with van der Waals surface area (Å²) in [6.45, 7) is 1.85. The fourth-order valence-corrected chi connectivity index (χ4v) is 1.98. The van der Waals surface area contributed by atoms with Gasteiger partial charge < -0.3 is 9.84 Å². The van der Waals surface area contributed by atoms with Crippen molar-refractivity contribution >= 4 is 17.1 Å². The summed E-state index contributed by atoms with van der Waals surface area (Å²) in [4.78, 5) is 29.4. The molecule has 0 aliphatic rings. The molecule has 0 spiro atoms. The van der Waals surface area contributed by atoms with E-state index >= 15 is 0 Å². The van der Waals surface area contributed by atoms with E-state index in [4.69, 9.17) is 5.11 Å². The zero-order valence-electron chi connectivity index (χ0n) is 10.9. The molecule has 2 N–H and O–H groups in total. The first-order valence-electron chi connectivity index (χ1n) is 6.00. The van der Waals surface area contributed by atoms with Crippen LogP contribution in [-0.2, 0) is 0 Å². The fourth-order valence-electron chi connectivity index (χ4n) is 1.98. The van der Waals surface area contributed by atoms with Gasteiger partial charge in [0.1, 0.15) is 0 Å². The van der Waals surface area contributed by atoms with Gasteiger partial charge in [0.2, 0.25) is 5.95 Å². The lowest BCUT2D eigenvalue weighted by Crippen LogP contribution is -2.14. The molecule has 2 heterocycles. The number of aromatic nitrogens is 4. The molecule has 0 unspecified atom stereocenters. The van der Waals surface area contributed by atoms with Crippen LogP contribution in [0.2, 0.25) is 0 Å². The molecule has 21 heavy (non-hydrogen) atoms. The normalized spacial score (nSPS) is 10.7. The summed E-state index contributed by atoms with van der Waals surface area (Å²) in [6.07, 6.45) is 1.09. The highest BCUT2D eigenvalue weighted by Gasteiger charge is 2.10. The minimum absolute atomic E-state index is 0.0371. The van der Waals surface area contributed by atoms with Crippen LogP contribution in [0.25, 0.3) is 16.9 Å². The summed E-state index contributed by atoms with van der Waals surface area (Å²) in [5.41, 5.74) is 1.12. The van der Waals surface area contributed by atoms with Crippen molar-refractivity contribution in [2.24, 2.45) is 0 Å². The predicted molar refractivity (Wildman–Crippen MR) is 72.9 cm³/mol. The molecule has 8 nitrogen and oxygen atoms in total. The van der Waals surface area contributed by atoms with E-state index in [0.717, 1.165) is 5.56 Å². The van der Waals surface area contributed by atoms with Gasteiger partial charge in [-0.3, -0.25) is 9.78 Å². The highest BCUT2D eigenvalue weighted by atomic mass is 16.7. The molecule has 106 valence electrons. The van der Waals surface area contributed by atoms with Gasteiger partial charge in [-0.15, -0.1) is 0 Å². The molecule has 0 bridgehead atoms. The number of aromatic amines is 1. The smallest absolute Gasteiger partial charge is 0.449 e. The van der Waals surface area contributed by atoms with Gasteiger partial charge >= 0.3 is 6.16 Å². The van der Waals surface area contributed by atoms with Crippen molar-refractivity contribution in [2.75, 3.05) is 0 Å². The van der Waals surface area contributed by atoms with Crippen LogP contribution in [0.15, 0.2) is 35.4 Å². The molecular weight excluding hydrogens is 276 g/mol. The third-order valence-electron chi connectivity index (χ3n) is 2.91. The van der Waals surface area contributed by atoms with Crippen LogP contribution in [0.4, 0.5) is 4.79 Å². The number of rotatable bonds is 2. The molecule has 0 aliphatic carbocycles. The number of hydrogen-bond donors (Lipinski definition) is 2. The first-order valence-corrected chi connectivity index (χ1v) is 6.00. The van der Waals surface area contributed by atoms with Crippen LogP contribution in [0, 0.1) is 6.92 Å². The summed E-state index contributed by atoms with van der Waals surface area (Å²) < 4.78 is 5.71. The Labute approximate surface area is 117 Å². The molecule has 0 fully saturated rings. The monoisotopic (exact) mass is 286 g/mol. The molecule has 0 radical (unpaired) electrons. The van der Waals surface area contributed by atoms with Crippen LogP contribution in [0.5, 0.6) is 5.75 Å². The quantitative estimate of drug-likeness (QED) is 0.690. The lowest BCUT2D eigenvalue weighted by Gasteiger charge is -2.04. The molecular formula is C13H10N4O4. The van der Waals surface area contributed by atoms with Gasteiger partial charge in [-0.1, -0.05) is 12.1 Å². The molecule has 0 amide bonds. The largest absolute Gasteiger partial charge is 0.511 e. The van der Waals surface area contributed by atoms with Crippen LogP contribution >= 0.6 is 0 Å². The van der Waals surface area contributed by atoms with Gasteiger partial charge in [0.25, 0.3) is 5.56 Å². The third kappa shape index (κ3) is 2.34. The number of H-pyrrole nitrogens is 1. The standard InChI is InChI=1S/C13H10N4O4/c1-7-3-2-4-9-10(7)15-12(16-11(9)18)17-6-8(5-14-17)21-13(19)20/h2-6H,1H3,(H,19,20)(H,15,16,18). The average molecular weight is 286 g/mol. The maximum atomic E-state index is 12.0. The van der Waals surface area contributed by atoms with Gasteiger partial charge in [0, 0.05) is 0 Å². The molecule has 1 aromatic carbocycles. The number of fused-ring (bicyclic) bond motifs is 1. The lowest BCUT2D eigenvalue weighted by molar-refractivity contribution is 0.144. The van der Waals surface area contributed by atoms with Crippen molar-refractivity contribution in [1.29, 1.82) is 0 Å². The second kappa shape index (κ2) is 4.75. The molecule has 2 aromatic heterocycles. The SMILES string of the molecule is Cc1cccc2c(=O)[nH]c(-n3cc(OC(=O)O)cn3)nc12. The van der Waals surface area contributed by atoms with Crippen LogP contribution < -0.4 is 10.3 Å². The summed E-state index contributed by atoms with van der Waals surface area (Å²) in [7, 11) is 0. The van der Waals surface area contributed by atoms with E-state index in [1.807, 2.05) is 13.0 Å². The number of para-hydroxylation sites is 1. The van der Waals surface area contributed by atoms with Crippen LogP contribution in [0.3, 0.4) is 0 Å². The Morgan fingerprint density at radius 2 is 2.24 bits per heavy atom. The van der Waals surface area contributed by atoms with E-state index in [9.17, 15) is 9.59 Å². The van der Waals surface area contributed by atoms with Gasteiger partial charge in [-0.2, -0.15) is 5.10 Å². The number of nitrogens with zero attached hydrogens (tertiary/aromatic N) is 3. The average Bonchev–Trinajstić information content (AvgIpc) is 2.87. The van der Waals surface area contributed by atoms with E-state index in [0.29, 0.717) is 10.9 Å². The third-order valence-corrected chi connectivity index (χ3v) is 2.91. The van der Waals surface area contributed by atoms with Gasteiger partial charge in [-0.25, -0.2) is 14.5 Å². The molecule has 0 saturated carbocycles. The first kappa shape index (κ1) is 12.9. The Morgan fingerprint density at radius 1 is 1.43 bits per heavy atom. The Bertz CT molecular complexity index is 897. The Kier molecular flexibility index (Phi) is 2.90. The van der Waals surface area contributed by atoms with E-state index in [1.165, 1.54) is 17.1 Å². The molecule has 3 aromatic rings. The van der Waals surface area contributed by atoms with Crippen molar-refractivity contribution in [3.05, 3.63) is 46.5 Å². The topological polar surface area (TPSA) is 110 Å². The number of nitrogens with one attached hydrogen (secondary N) is 1. The molecule has 3 rings (SSSR count). The van der Waals surface area contributed by atoms with E-state index in [-0.39, 0.29) is 17.3 Å². The first-order chi connectivity index (χ1) is 10.0. The number of carbonyl (C=O) groups is 1. The van der Waals surface area contributed by atoms with E-state index in [2.05, 4.69) is 19.8 Å². The number of aryl methyl sites for hydroxylation is 1. The second-order valence-electron chi connectivity index (χ2n) is 4.35. The fraction of sp³-hybridized carbons (Fsp3) is 0.0769. The maximum Gasteiger partial charge on any atom is 0.511 e. The van der Waals surface area contributed by atoms with Gasteiger partial charge in [0.05, 0.1) is 23.3 Å². The number of benzene rings is 1. The van der Waals surface area contributed by atoms with Crippen LogP contribution in [-0.4, -0.2) is 31.0 Å². The van der Waals surface area contributed by atoms with Crippen LogP contribution in [0.1, 0.15) is 5.56 Å². The van der Waals surface area contributed by atoms with Crippen molar-refractivity contribution in [1.82, 2.24) is 19.7 Å². The minimum atomic E-state index is -1.44. The van der Waals surface area contributed by atoms with Gasteiger partial charge in [0.15, 0.2) is 5.75 Å². The Balaban J connectivity index is 2.12. The molecule has 8 heteroatoms. The minimum Gasteiger partial charge on any atom is -0.449 e. The highest BCUT2D eigenvalue weighted by Crippen LogP contribution is 2.15.